The number of ether oxygens (including phenoxy) is 1. The van der Waals surface area contributed by atoms with Gasteiger partial charge in [-0.05, 0) is 6.92 Å². The van der Waals surface area contributed by atoms with Crippen molar-refractivity contribution in [2.75, 3.05) is 13.2 Å². The Labute approximate surface area is 106 Å². The molecular formula is C10H17N3O4S. The first-order valence-electron chi connectivity index (χ1n) is 5.65. The van der Waals surface area contributed by atoms with Crippen LogP contribution in [-0.2, 0) is 21.8 Å². The fourth-order valence-corrected chi connectivity index (χ4v) is 2.90. The molecule has 1 aliphatic rings. The molecule has 0 aliphatic carbocycles. The molecule has 1 fully saturated rings. The summed E-state index contributed by atoms with van der Waals surface area (Å²) in [6.07, 6.45) is 2.84. The zero-order chi connectivity index (χ0) is 13.4. The molecule has 0 radical (unpaired) electrons. The van der Waals surface area contributed by atoms with Crippen LogP contribution in [0.1, 0.15) is 13.3 Å². The van der Waals surface area contributed by atoms with Crippen molar-refractivity contribution in [3.05, 3.63) is 12.5 Å². The second kappa shape index (κ2) is 4.61. The molecule has 2 N–H and O–H groups in total. The van der Waals surface area contributed by atoms with Crippen LogP contribution in [0.25, 0.3) is 0 Å². The first-order chi connectivity index (χ1) is 8.33. The summed E-state index contributed by atoms with van der Waals surface area (Å²) in [5.41, 5.74) is -1.15. The summed E-state index contributed by atoms with van der Waals surface area (Å²) in [5.74, 6) is 0. The number of imidazole rings is 1. The lowest BCUT2D eigenvalue weighted by Gasteiger charge is -2.25. The molecule has 18 heavy (non-hydrogen) atoms. The number of rotatable bonds is 4. The summed E-state index contributed by atoms with van der Waals surface area (Å²) >= 11 is 0. The van der Waals surface area contributed by atoms with E-state index in [1.807, 2.05) is 0 Å². The molecule has 2 rings (SSSR count). The van der Waals surface area contributed by atoms with E-state index in [1.165, 1.54) is 12.5 Å². The maximum absolute atomic E-state index is 11.9. The van der Waals surface area contributed by atoms with Gasteiger partial charge in [0.15, 0.2) is 5.03 Å². The largest absolute Gasteiger partial charge is 0.386 e. The minimum Gasteiger partial charge on any atom is -0.386 e. The lowest BCUT2D eigenvalue weighted by molar-refractivity contribution is -0.0228. The van der Waals surface area contributed by atoms with Crippen LogP contribution in [-0.4, -0.2) is 47.9 Å². The van der Waals surface area contributed by atoms with E-state index in [9.17, 15) is 13.5 Å². The Balaban J connectivity index is 2.06. The molecule has 0 saturated carbocycles. The van der Waals surface area contributed by atoms with Crippen LogP contribution in [0.15, 0.2) is 17.6 Å². The van der Waals surface area contributed by atoms with Gasteiger partial charge in [0, 0.05) is 32.8 Å². The Hall–Kier alpha value is -0.960. The van der Waals surface area contributed by atoms with E-state index in [-0.39, 0.29) is 17.7 Å². The average Bonchev–Trinajstić information content (AvgIpc) is 2.86. The smallest absolute Gasteiger partial charge is 0.259 e. The molecule has 2 unspecified atom stereocenters. The number of aliphatic hydroxyl groups is 1. The molecule has 0 aromatic carbocycles. The Morgan fingerprint density at radius 3 is 2.94 bits per heavy atom. The Kier molecular flexibility index (Phi) is 3.45. The quantitative estimate of drug-likeness (QED) is 0.753. The van der Waals surface area contributed by atoms with Gasteiger partial charge in [-0.15, -0.1) is 0 Å². The van der Waals surface area contributed by atoms with Crippen molar-refractivity contribution in [2.45, 2.75) is 30.1 Å². The van der Waals surface area contributed by atoms with Gasteiger partial charge in [-0.2, -0.15) is 0 Å². The van der Waals surface area contributed by atoms with E-state index in [0.717, 1.165) is 0 Å². The number of nitrogens with one attached hydrogen (secondary N) is 1. The number of aromatic nitrogens is 2. The van der Waals surface area contributed by atoms with E-state index >= 15 is 0 Å². The lowest BCUT2D eigenvalue weighted by Crippen LogP contribution is -2.47. The van der Waals surface area contributed by atoms with Gasteiger partial charge in [0.1, 0.15) is 5.60 Å². The van der Waals surface area contributed by atoms with Gasteiger partial charge in [0.05, 0.1) is 12.4 Å². The highest BCUT2D eigenvalue weighted by Crippen LogP contribution is 2.25. The highest BCUT2D eigenvalue weighted by atomic mass is 32.2. The van der Waals surface area contributed by atoms with Gasteiger partial charge >= 0.3 is 0 Å². The van der Waals surface area contributed by atoms with E-state index < -0.39 is 15.6 Å². The van der Waals surface area contributed by atoms with Crippen molar-refractivity contribution in [2.24, 2.45) is 7.05 Å². The van der Waals surface area contributed by atoms with Gasteiger partial charge in [-0.25, -0.2) is 18.1 Å². The van der Waals surface area contributed by atoms with Crippen molar-refractivity contribution in [1.29, 1.82) is 0 Å². The predicted octanol–water partition coefficient (Wildman–Crippen LogP) is -0.762. The molecule has 1 saturated heterocycles. The van der Waals surface area contributed by atoms with Crippen LogP contribution in [0, 0.1) is 0 Å². The van der Waals surface area contributed by atoms with Crippen molar-refractivity contribution < 1.29 is 18.3 Å². The van der Waals surface area contributed by atoms with Crippen LogP contribution >= 0.6 is 0 Å². The summed E-state index contributed by atoms with van der Waals surface area (Å²) in [6, 6.07) is 0. The molecule has 8 heteroatoms. The van der Waals surface area contributed by atoms with Crippen LogP contribution in [0.2, 0.25) is 0 Å². The monoisotopic (exact) mass is 275 g/mol. The SMILES string of the molecule is CC1OCCC1(O)CNS(=O)(=O)c1cn(C)cn1. The van der Waals surface area contributed by atoms with Crippen LogP contribution < -0.4 is 4.72 Å². The summed E-state index contributed by atoms with van der Waals surface area (Å²) in [7, 11) is -2.00. The molecule has 0 amide bonds. The number of nitrogens with zero attached hydrogens (tertiary/aromatic N) is 2. The third-order valence-electron chi connectivity index (χ3n) is 3.18. The number of aryl methyl sites for hydroxylation is 1. The van der Waals surface area contributed by atoms with Crippen molar-refractivity contribution in [3.63, 3.8) is 0 Å². The van der Waals surface area contributed by atoms with Gasteiger partial charge in [0.2, 0.25) is 0 Å². The molecule has 1 aromatic rings. The van der Waals surface area contributed by atoms with Gasteiger partial charge < -0.3 is 14.4 Å². The Morgan fingerprint density at radius 1 is 1.72 bits per heavy atom. The minimum absolute atomic E-state index is 0.0554. The molecule has 2 atom stereocenters. The molecule has 0 bridgehead atoms. The fourth-order valence-electron chi connectivity index (χ4n) is 1.82. The van der Waals surface area contributed by atoms with Crippen LogP contribution in [0.5, 0.6) is 0 Å². The molecule has 0 spiro atoms. The number of hydrogen-bond acceptors (Lipinski definition) is 5. The zero-order valence-electron chi connectivity index (χ0n) is 10.3. The number of sulfonamides is 1. The van der Waals surface area contributed by atoms with E-state index in [4.69, 9.17) is 4.74 Å². The minimum atomic E-state index is -3.69. The summed E-state index contributed by atoms with van der Waals surface area (Å²) in [4.78, 5) is 3.77. The highest BCUT2D eigenvalue weighted by Gasteiger charge is 2.40. The average molecular weight is 275 g/mol. The summed E-state index contributed by atoms with van der Waals surface area (Å²) < 4.78 is 33.0. The third-order valence-corrected chi connectivity index (χ3v) is 4.47. The first kappa shape index (κ1) is 13.5. The van der Waals surface area contributed by atoms with Crippen LogP contribution in [0.3, 0.4) is 0 Å². The Bertz CT molecular complexity index is 527. The normalized spacial score (nSPS) is 28.7. The molecular weight excluding hydrogens is 258 g/mol. The zero-order valence-corrected chi connectivity index (χ0v) is 11.1. The van der Waals surface area contributed by atoms with Gasteiger partial charge in [0.25, 0.3) is 10.0 Å². The second-order valence-corrected chi connectivity index (χ2v) is 6.28. The third kappa shape index (κ3) is 2.56. The topological polar surface area (TPSA) is 93.5 Å². The first-order valence-corrected chi connectivity index (χ1v) is 7.13. The maximum Gasteiger partial charge on any atom is 0.259 e. The van der Waals surface area contributed by atoms with Gasteiger partial charge in [-0.1, -0.05) is 0 Å². The summed E-state index contributed by atoms with van der Waals surface area (Å²) in [6.45, 7) is 2.08. The standard InChI is InChI=1S/C10H17N3O4S/c1-8-10(14,3-4-17-8)6-12-18(15,16)9-5-13(2)7-11-9/h5,7-8,12,14H,3-4,6H2,1-2H3. The molecule has 102 valence electrons. The maximum atomic E-state index is 11.9. The molecule has 1 aliphatic heterocycles. The van der Waals surface area contributed by atoms with Crippen molar-refractivity contribution in [1.82, 2.24) is 14.3 Å². The molecule has 2 heterocycles. The van der Waals surface area contributed by atoms with Crippen molar-refractivity contribution in [3.8, 4) is 0 Å². The number of hydrogen-bond donors (Lipinski definition) is 2. The Morgan fingerprint density at radius 2 is 2.44 bits per heavy atom. The highest BCUT2D eigenvalue weighted by molar-refractivity contribution is 7.89. The van der Waals surface area contributed by atoms with Crippen LogP contribution in [0.4, 0.5) is 0 Å². The molecule has 1 aromatic heterocycles. The van der Waals surface area contributed by atoms with Crippen molar-refractivity contribution >= 4 is 10.0 Å². The fraction of sp³-hybridized carbons (Fsp3) is 0.700. The predicted molar refractivity (Wildman–Crippen MR) is 63.4 cm³/mol. The van der Waals surface area contributed by atoms with Gasteiger partial charge in [-0.3, -0.25) is 0 Å². The summed E-state index contributed by atoms with van der Waals surface area (Å²) in [5, 5.41) is 10.1. The van der Waals surface area contributed by atoms with E-state index in [0.29, 0.717) is 13.0 Å². The molecule has 7 nitrogen and oxygen atoms in total. The van der Waals surface area contributed by atoms with E-state index in [2.05, 4.69) is 9.71 Å². The van der Waals surface area contributed by atoms with E-state index in [1.54, 1.807) is 18.5 Å². The lowest BCUT2D eigenvalue weighted by atomic mass is 9.97. The second-order valence-electron chi connectivity index (χ2n) is 4.57.